The predicted molar refractivity (Wildman–Crippen MR) is 61.0 cm³/mol. The standard InChI is InChI=1S/C13H16FN/c1-4-12(15)5-6-13-9(2)7-11(14)8-10(13)3/h7-8,12H,4,15H2,1-3H3. The third-order valence-electron chi connectivity index (χ3n) is 2.32. The van der Waals surface area contributed by atoms with E-state index < -0.39 is 0 Å². The summed E-state index contributed by atoms with van der Waals surface area (Å²) < 4.78 is 13.0. The van der Waals surface area contributed by atoms with Gasteiger partial charge in [-0.3, -0.25) is 0 Å². The lowest BCUT2D eigenvalue weighted by molar-refractivity contribution is 0.625. The highest BCUT2D eigenvalue weighted by atomic mass is 19.1. The van der Waals surface area contributed by atoms with Crippen LogP contribution in [0.3, 0.4) is 0 Å². The number of aryl methyl sites for hydroxylation is 2. The maximum Gasteiger partial charge on any atom is 0.123 e. The van der Waals surface area contributed by atoms with Crippen LogP contribution in [0.5, 0.6) is 0 Å². The van der Waals surface area contributed by atoms with Crippen LogP contribution in [-0.2, 0) is 0 Å². The van der Waals surface area contributed by atoms with Crippen molar-refractivity contribution in [1.29, 1.82) is 0 Å². The molecule has 2 N–H and O–H groups in total. The number of hydrogen-bond acceptors (Lipinski definition) is 1. The van der Waals surface area contributed by atoms with Crippen LogP contribution in [0.4, 0.5) is 4.39 Å². The lowest BCUT2D eigenvalue weighted by Gasteiger charge is -2.03. The highest BCUT2D eigenvalue weighted by Crippen LogP contribution is 2.14. The molecule has 0 bridgehead atoms. The molecule has 0 aromatic heterocycles. The van der Waals surface area contributed by atoms with Gasteiger partial charge in [-0.15, -0.1) is 0 Å². The number of hydrogen-bond donors (Lipinski definition) is 1. The highest BCUT2D eigenvalue weighted by Gasteiger charge is 2.02. The van der Waals surface area contributed by atoms with Crippen molar-refractivity contribution in [1.82, 2.24) is 0 Å². The van der Waals surface area contributed by atoms with Crippen LogP contribution in [0.1, 0.15) is 30.0 Å². The Hall–Kier alpha value is -1.33. The molecule has 0 spiro atoms. The van der Waals surface area contributed by atoms with Gasteiger partial charge in [0.2, 0.25) is 0 Å². The molecule has 0 radical (unpaired) electrons. The van der Waals surface area contributed by atoms with Gasteiger partial charge in [-0.05, 0) is 43.5 Å². The molecule has 1 aromatic rings. The Balaban J connectivity index is 3.08. The minimum absolute atomic E-state index is 0.103. The molecule has 0 aliphatic rings. The molecule has 2 heteroatoms. The van der Waals surface area contributed by atoms with E-state index in [0.29, 0.717) is 0 Å². The lowest BCUT2D eigenvalue weighted by atomic mass is 10.0. The summed E-state index contributed by atoms with van der Waals surface area (Å²) in [7, 11) is 0. The normalized spacial score (nSPS) is 11.8. The van der Waals surface area contributed by atoms with E-state index in [1.165, 1.54) is 12.1 Å². The van der Waals surface area contributed by atoms with Gasteiger partial charge in [0.25, 0.3) is 0 Å². The number of rotatable bonds is 1. The van der Waals surface area contributed by atoms with Crippen LogP contribution in [0.2, 0.25) is 0 Å². The average Bonchev–Trinajstić information content (AvgIpc) is 2.15. The number of nitrogens with two attached hydrogens (primary N) is 1. The van der Waals surface area contributed by atoms with Gasteiger partial charge in [-0.25, -0.2) is 4.39 Å². The van der Waals surface area contributed by atoms with Gasteiger partial charge in [0.1, 0.15) is 5.82 Å². The van der Waals surface area contributed by atoms with Crippen molar-refractivity contribution in [3.8, 4) is 11.8 Å². The molecule has 0 heterocycles. The topological polar surface area (TPSA) is 26.0 Å². The Morgan fingerprint density at radius 1 is 1.33 bits per heavy atom. The fourth-order valence-corrected chi connectivity index (χ4v) is 1.37. The van der Waals surface area contributed by atoms with Crippen molar-refractivity contribution >= 4 is 0 Å². The molecule has 1 nitrogen and oxygen atoms in total. The summed E-state index contributed by atoms with van der Waals surface area (Å²) in [6.07, 6.45) is 0.826. The quantitative estimate of drug-likeness (QED) is 0.700. The first-order valence-electron chi connectivity index (χ1n) is 5.08. The van der Waals surface area contributed by atoms with Crippen molar-refractivity contribution in [3.63, 3.8) is 0 Å². The molecule has 80 valence electrons. The number of halogens is 1. The van der Waals surface area contributed by atoms with E-state index in [-0.39, 0.29) is 11.9 Å². The van der Waals surface area contributed by atoms with E-state index in [1.54, 1.807) is 0 Å². The molecule has 0 fully saturated rings. The zero-order valence-electron chi connectivity index (χ0n) is 9.39. The molecule has 0 aliphatic carbocycles. The second-order valence-electron chi connectivity index (χ2n) is 3.70. The van der Waals surface area contributed by atoms with Crippen LogP contribution in [0, 0.1) is 31.5 Å². The first-order valence-corrected chi connectivity index (χ1v) is 5.08. The summed E-state index contributed by atoms with van der Waals surface area (Å²) in [5.41, 5.74) is 8.32. The molecule has 0 aliphatic heterocycles. The van der Waals surface area contributed by atoms with Crippen LogP contribution in [0.15, 0.2) is 12.1 Å². The fourth-order valence-electron chi connectivity index (χ4n) is 1.37. The molecular formula is C13H16FN. The van der Waals surface area contributed by atoms with E-state index in [2.05, 4.69) is 11.8 Å². The zero-order chi connectivity index (χ0) is 11.4. The van der Waals surface area contributed by atoms with E-state index in [0.717, 1.165) is 23.1 Å². The Bertz CT molecular complexity index is 389. The predicted octanol–water partition coefficient (Wildman–Crippen LogP) is 2.53. The van der Waals surface area contributed by atoms with Gasteiger partial charge in [0, 0.05) is 5.56 Å². The summed E-state index contributed by atoms with van der Waals surface area (Å²) in [5.74, 6) is 5.76. The maximum absolute atomic E-state index is 13.0. The average molecular weight is 205 g/mol. The largest absolute Gasteiger partial charge is 0.318 e. The molecule has 1 atom stereocenters. The van der Waals surface area contributed by atoms with E-state index >= 15 is 0 Å². The molecule has 0 saturated heterocycles. The second kappa shape index (κ2) is 4.95. The Kier molecular flexibility index (Phi) is 3.88. The summed E-state index contributed by atoms with van der Waals surface area (Å²) in [6.45, 7) is 5.71. The van der Waals surface area contributed by atoms with Crippen molar-refractivity contribution in [2.24, 2.45) is 5.73 Å². The van der Waals surface area contributed by atoms with Crippen molar-refractivity contribution in [3.05, 3.63) is 34.6 Å². The van der Waals surface area contributed by atoms with Gasteiger partial charge in [0.05, 0.1) is 6.04 Å². The molecule has 1 unspecified atom stereocenters. The summed E-state index contributed by atoms with van der Waals surface area (Å²) in [6, 6.07) is 2.89. The molecule has 1 aromatic carbocycles. The zero-order valence-corrected chi connectivity index (χ0v) is 9.39. The van der Waals surface area contributed by atoms with Crippen LogP contribution in [0.25, 0.3) is 0 Å². The first kappa shape index (κ1) is 11.7. The lowest BCUT2D eigenvalue weighted by Crippen LogP contribution is -2.15. The molecule has 0 amide bonds. The Morgan fingerprint density at radius 3 is 2.33 bits per heavy atom. The third-order valence-corrected chi connectivity index (χ3v) is 2.32. The molecule has 0 saturated carbocycles. The van der Waals surface area contributed by atoms with Gasteiger partial charge in [0.15, 0.2) is 0 Å². The summed E-state index contributed by atoms with van der Waals surface area (Å²) in [5, 5.41) is 0. The minimum atomic E-state index is -0.213. The van der Waals surface area contributed by atoms with Crippen LogP contribution in [-0.4, -0.2) is 6.04 Å². The monoisotopic (exact) mass is 205 g/mol. The van der Waals surface area contributed by atoms with Crippen molar-refractivity contribution < 1.29 is 4.39 Å². The molecular weight excluding hydrogens is 189 g/mol. The van der Waals surface area contributed by atoms with E-state index in [1.807, 2.05) is 20.8 Å². The number of benzene rings is 1. The minimum Gasteiger partial charge on any atom is -0.318 e. The SMILES string of the molecule is CCC(N)C#Cc1c(C)cc(F)cc1C. The fraction of sp³-hybridized carbons (Fsp3) is 0.385. The van der Waals surface area contributed by atoms with Crippen molar-refractivity contribution in [2.75, 3.05) is 0 Å². The van der Waals surface area contributed by atoms with Gasteiger partial charge < -0.3 is 5.73 Å². The van der Waals surface area contributed by atoms with Crippen LogP contribution >= 0.6 is 0 Å². The Morgan fingerprint density at radius 2 is 1.87 bits per heavy atom. The maximum atomic E-state index is 13.0. The van der Waals surface area contributed by atoms with Gasteiger partial charge >= 0.3 is 0 Å². The van der Waals surface area contributed by atoms with Crippen LogP contribution < -0.4 is 5.73 Å². The summed E-state index contributed by atoms with van der Waals surface area (Å²) >= 11 is 0. The van der Waals surface area contributed by atoms with E-state index in [9.17, 15) is 4.39 Å². The van der Waals surface area contributed by atoms with Crippen molar-refractivity contribution in [2.45, 2.75) is 33.2 Å². The Labute approximate surface area is 90.5 Å². The smallest absolute Gasteiger partial charge is 0.123 e. The third kappa shape index (κ3) is 3.07. The molecule has 1 rings (SSSR count). The second-order valence-corrected chi connectivity index (χ2v) is 3.70. The van der Waals surface area contributed by atoms with Gasteiger partial charge in [-0.2, -0.15) is 0 Å². The first-order chi connectivity index (χ1) is 7.04. The summed E-state index contributed by atoms with van der Waals surface area (Å²) in [4.78, 5) is 0. The molecule has 15 heavy (non-hydrogen) atoms. The highest BCUT2D eigenvalue weighted by molar-refractivity contribution is 5.47. The van der Waals surface area contributed by atoms with Gasteiger partial charge in [-0.1, -0.05) is 18.8 Å². The van der Waals surface area contributed by atoms with E-state index in [4.69, 9.17) is 5.73 Å².